The lowest BCUT2D eigenvalue weighted by atomic mass is 9.97. The molecule has 15 nitrogen and oxygen atoms in total. The SMILES string of the molecule is O=C(O)C[C@H](O)C(=O)OC[C@H]1O[C@H](O)[C@H](O)[C@@H](O)[C@@H]1O[C@H]1O[C@H](CO)[C@@H](O)[C@H](O)[C@H]1O. The first kappa shape index (κ1) is 25.8. The fraction of sp³-hybridized carbons (Fsp3) is 0.875. The molecule has 2 heterocycles. The molecule has 0 aromatic heterocycles. The molecule has 0 spiro atoms. The van der Waals surface area contributed by atoms with Crippen LogP contribution in [0.4, 0.5) is 0 Å². The number of hydrogen-bond acceptors (Lipinski definition) is 14. The molecule has 2 aliphatic heterocycles. The van der Waals surface area contributed by atoms with Crippen LogP contribution in [0.15, 0.2) is 0 Å². The van der Waals surface area contributed by atoms with E-state index in [0.29, 0.717) is 0 Å². The quantitative estimate of drug-likeness (QED) is 0.153. The van der Waals surface area contributed by atoms with Crippen LogP contribution in [-0.2, 0) is 28.5 Å². The van der Waals surface area contributed by atoms with Crippen LogP contribution in [0.3, 0.4) is 0 Å². The highest BCUT2D eigenvalue weighted by molar-refractivity contribution is 5.80. The fourth-order valence-electron chi connectivity index (χ4n) is 3.07. The molecule has 2 fully saturated rings. The van der Waals surface area contributed by atoms with Gasteiger partial charge in [-0.1, -0.05) is 0 Å². The monoisotopic (exact) mass is 458 g/mol. The van der Waals surface area contributed by atoms with Crippen molar-refractivity contribution in [3.63, 3.8) is 0 Å². The van der Waals surface area contributed by atoms with Crippen LogP contribution in [-0.4, -0.2) is 139 Å². The zero-order valence-electron chi connectivity index (χ0n) is 15.9. The smallest absolute Gasteiger partial charge is 0.335 e. The molecule has 0 bridgehead atoms. The minimum atomic E-state index is -2.01. The number of aliphatic hydroxyl groups excluding tert-OH is 8. The lowest BCUT2D eigenvalue weighted by Crippen LogP contribution is -2.64. The Kier molecular flexibility index (Phi) is 9.04. The largest absolute Gasteiger partial charge is 0.481 e. The maximum absolute atomic E-state index is 11.7. The summed E-state index contributed by atoms with van der Waals surface area (Å²) in [5.74, 6) is -2.83. The summed E-state index contributed by atoms with van der Waals surface area (Å²) in [5, 5.41) is 86.7. The van der Waals surface area contributed by atoms with Gasteiger partial charge in [-0.25, -0.2) is 4.79 Å². The normalized spacial score (nSPS) is 42.1. The number of ether oxygens (including phenoxy) is 4. The van der Waals surface area contributed by atoms with E-state index >= 15 is 0 Å². The van der Waals surface area contributed by atoms with Crippen LogP contribution < -0.4 is 0 Å². The zero-order chi connectivity index (χ0) is 23.5. The Balaban J connectivity index is 2.11. The summed E-state index contributed by atoms with van der Waals surface area (Å²) >= 11 is 0. The van der Waals surface area contributed by atoms with E-state index in [-0.39, 0.29) is 0 Å². The summed E-state index contributed by atoms with van der Waals surface area (Å²) in [5.41, 5.74) is 0. The van der Waals surface area contributed by atoms with Gasteiger partial charge in [-0.2, -0.15) is 0 Å². The second kappa shape index (κ2) is 10.9. The number of aliphatic hydroxyl groups is 8. The summed E-state index contributed by atoms with van der Waals surface area (Å²) in [7, 11) is 0. The van der Waals surface area contributed by atoms with Gasteiger partial charge in [0, 0.05) is 0 Å². The molecule has 31 heavy (non-hydrogen) atoms. The van der Waals surface area contributed by atoms with E-state index in [1.54, 1.807) is 0 Å². The second-order valence-corrected chi connectivity index (χ2v) is 7.09. The van der Waals surface area contributed by atoms with Crippen molar-refractivity contribution in [1.82, 2.24) is 0 Å². The van der Waals surface area contributed by atoms with Gasteiger partial charge < -0.3 is 64.9 Å². The third kappa shape index (κ3) is 6.05. The number of hydrogen-bond donors (Lipinski definition) is 9. The minimum Gasteiger partial charge on any atom is -0.481 e. The van der Waals surface area contributed by atoms with Gasteiger partial charge in [0.2, 0.25) is 0 Å². The van der Waals surface area contributed by atoms with Gasteiger partial charge in [0.25, 0.3) is 0 Å². The minimum absolute atomic E-state index is 0.766. The molecule has 0 radical (unpaired) electrons. The molecule has 0 aromatic carbocycles. The Bertz CT molecular complexity index is 614. The summed E-state index contributed by atoms with van der Waals surface area (Å²) in [4.78, 5) is 22.2. The highest BCUT2D eigenvalue weighted by Crippen LogP contribution is 2.28. The van der Waals surface area contributed by atoms with Crippen molar-refractivity contribution in [2.75, 3.05) is 13.2 Å². The molecular weight excluding hydrogens is 432 g/mol. The standard InChI is InChI=1S/C16H26O15/c17-2-5-8(21)9(22)12(25)16(30-5)31-13-6(29-15(27)11(24)10(13)23)3-28-14(26)4(18)1-7(19)20/h4-6,8-13,15-18,21-25,27H,1-3H2,(H,19,20)/t4-,5+,6+,8+,9-,10+,11+,12+,13+,15-,16+/m0/s1. The molecule has 2 saturated heterocycles. The first-order valence-electron chi connectivity index (χ1n) is 9.20. The number of esters is 1. The van der Waals surface area contributed by atoms with E-state index in [0.717, 1.165) is 0 Å². The molecule has 15 heteroatoms. The molecule has 0 saturated carbocycles. The maximum Gasteiger partial charge on any atom is 0.335 e. The van der Waals surface area contributed by atoms with Crippen LogP contribution in [0.2, 0.25) is 0 Å². The average Bonchev–Trinajstić information content (AvgIpc) is 2.72. The summed E-state index contributed by atoms with van der Waals surface area (Å²) in [6, 6.07) is 0. The van der Waals surface area contributed by atoms with Crippen molar-refractivity contribution in [2.24, 2.45) is 0 Å². The van der Waals surface area contributed by atoms with Crippen LogP contribution in [0.5, 0.6) is 0 Å². The van der Waals surface area contributed by atoms with Gasteiger partial charge in [-0.3, -0.25) is 4.79 Å². The molecule has 180 valence electrons. The topological polar surface area (TPSA) is 253 Å². The lowest BCUT2D eigenvalue weighted by molar-refractivity contribution is -0.355. The molecule has 11 atom stereocenters. The van der Waals surface area contributed by atoms with Gasteiger partial charge in [-0.05, 0) is 0 Å². The van der Waals surface area contributed by atoms with Crippen molar-refractivity contribution in [2.45, 2.75) is 73.9 Å². The van der Waals surface area contributed by atoms with Crippen LogP contribution in [0.1, 0.15) is 6.42 Å². The highest BCUT2D eigenvalue weighted by Gasteiger charge is 2.50. The first-order chi connectivity index (χ1) is 14.5. The van der Waals surface area contributed by atoms with Crippen molar-refractivity contribution in [3.05, 3.63) is 0 Å². The highest BCUT2D eigenvalue weighted by atomic mass is 16.7. The Labute approximate surface area is 174 Å². The average molecular weight is 458 g/mol. The summed E-state index contributed by atoms with van der Waals surface area (Å²) in [6.45, 7) is -1.56. The van der Waals surface area contributed by atoms with E-state index in [2.05, 4.69) is 0 Å². The van der Waals surface area contributed by atoms with E-state index in [1.807, 2.05) is 0 Å². The van der Waals surface area contributed by atoms with E-state index < -0.39 is 99.1 Å². The summed E-state index contributed by atoms with van der Waals surface area (Å²) in [6.07, 6.45) is -20.3. The van der Waals surface area contributed by atoms with Crippen LogP contribution in [0, 0.1) is 0 Å². The Morgan fingerprint density at radius 1 is 0.871 bits per heavy atom. The fourth-order valence-corrected chi connectivity index (χ4v) is 3.07. The van der Waals surface area contributed by atoms with Gasteiger partial charge in [0.1, 0.15) is 55.4 Å². The Hall–Kier alpha value is -1.50. The van der Waals surface area contributed by atoms with Crippen LogP contribution in [0.25, 0.3) is 0 Å². The van der Waals surface area contributed by atoms with Gasteiger partial charge in [0.05, 0.1) is 13.0 Å². The third-order valence-electron chi connectivity index (χ3n) is 4.83. The second-order valence-electron chi connectivity index (χ2n) is 7.09. The van der Waals surface area contributed by atoms with E-state index in [1.165, 1.54) is 0 Å². The molecule has 2 aliphatic rings. The van der Waals surface area contributed by atoms with Crippen molar-refractivity contribution in [1.29, 1.82) is 0 Å². The summed E-state index contributed by atoms with van der Waals surface area (Å²) < 4.78 is 20.2. The number of carbonyl (C=O) groups is 2. The van der Waals surface area contributed by atoms with Gasteiger partial charge in [-0.15, -0.1) is 0 Å². The number of aliphatic carboxylic acids is 1. The molecule has 0 amide bonds. The third-order valence-corrected chi connectivity index (χ3v) is 4.83. The first-order valence-corrected chi connectivity index (χ1v) is 9.20. The maximum atomic E-state index is 11.7. The molecular formula is C16H26O15. The van der Waals surface area contributed by atoms with Crippen LogP contribution >= 0.6 is 0 Å². The Morgan fingerprint density at radius 2 is 1.52 bits per heavy atom. The molecule has 0 aliphatic carbocycles. The predicted octanol–water partition coefficient (Wildman–Crippen LogP) is -6.01. The molecule has 2 rings (SSSR count). The number of carboxylic acids is 1. The lowest BCUT2D eigenvalue weighted by Gasteiger charge is -2.45. The van der Waals surface area contributed by atoms with Crippen molar-refractivity contribution < 1.29 is 74.5 Å². The van der Waals surface area contributed by atoms with E-state index in [9.17, 15) is 50.4 Å². The zero-order valence-corrected chi connectivity index (χ0v) is 15.9. The van der Waals surface area contributed by atoms with Crippen molar-refractivity contribution in [3.8, 4) is 0 Å². The Morgan fingerprint density at radius 3 is 2.10 bits per heavy atom. The molecule has 9 N–H and O–H groups in total. The molecule has 0 aromatic rings. The number of carboxylic acid groups (broad SMARTS) is 1. The number of carbonyl (C=O) groups excluding carboxylic acids is 1. The number of rotatable bonds is 8. The van der Waals surface area contributed by atoms with E-state index in [4.69, 9.17) is 24.1 Å². The predicted molar refractivity (Wildman–Crippen MR) is 90.8 cm³/mol. The molecule has 0 unspecified atom stereocenters. The van der Waals surface area contributed by atoms with Gasteiger partial charge in [0.15, 0.2) is 18.7 Å². The van der Waals surface area contributed by atoms with Crippen molar-refractivity contribution >= 4 is 11.9 Å². The van der Waals surface area contributed by atoms with Gasteiger partial charge >= 0.3 is 11.9 Å².